The van der Waals surface area contributed by atoms with E-state index in [-0.39, 0.29) is 40.9 Å². The van der Waals surface area contributed by atoms with E-state index in [9.17, 15) is 24.3 Å². The fourth-order valence-corrected chi connectivity index (χ4v) is 7.82. The van der Waals surface area contributed by atoms with E-state index in [0.717, 1.165) is 6.54 Å². The molecule has 1 aromatic rings. The molecule has 11 nitrogen and oxygen atoms in total. The number of anilines is 1. The molecule has 0 bridgehead atoms. The Morgan fingerprint density at radius 1 is 1.23 bits per heavy atom. The smallest absolute Gasteiger partial charge is 0.228 e. The number of aromatic hydroxyl groups is 1. The van der Waals surface area contributed by atoms with Crippen LogP contribution in [0.25, 0.3) is 0 Å². The van der Waals surface area contributed by atoms with Gasteiger partial charge in [0.15, 0.2) is 28.9 Å². The average molecular weight is 542 g/mol. The fraction of sp³-hybridized carbons (Fsp3) is 0.679. The third-order valence-electron chi connectivity index (χ3n) is 9.16. The van der Waals surface area contributed by atoms with Crippen LogP contribution in [0.2, 0.25) is 0 Å². The zero-order valence-corrected chi connectivity index (χ0v) is 23.5. The SMILES string of the molecule is CN(C)CC(C)(C)CNc1ncc2c(c1O)C(=O)C1C(=O)C34OCC3C(C(N)=O)C(=O)C(N(C)C)C4CC1C2. The third kappa shape index (κ3) is 4.08. The van der Waals surface area contributed by atoms with Crippen LogP contribution in [0.4, 0.5) is 5.82 Å². The molecule has 3 fully saturated rings. The number of hydrogen-bond acceptors (Lipinski definition) is 10. The number of ether oxygens (including phenoxy) is 1. The van der Waals surface area contributed by atoms with Gasteiger partial charge in [0.2, 0.25) is 5.91 Å². The van der Waals surface area contributed by atoms with Gasteiger partial charge in [-0.2, -0.15) is 0 Å². The first-order chi connectivity index (χ1) is 18.2. The zero-order chi connectivity index (χ0) is 28.6. The van der Waals surface area contributed by atoms with Crippen molar-refractivity contribution in [2.24, 2.45) is 40.7 Å². The molecule has 1 aliphatic heterocycles. The maximum absolute atomic E-state index is 14.3. The number of aromatic nitrogens is 1. The molecule has 7 unspecified atom stereocenters. The Morgan fingerprint density at radius 2 is 1.92 bits per heavy atom. The standard InChI is InChI=1S/C28H39N5O6/c1-27(2,12-32(3)4)11-31-26-23(36)17-14(9-30-26)7-13-8-15-20(33(5)6)22(35)19(25(29)38)16-10-39-28(15,16)24(37)18(13)21(17)34/h9,13,15-16,18-20,36H,7-8,10-12H2,1-6H3,(H2,29,38)(H,30,31). The lowest BCUT2D eigenvalue weighted by Gasteiger charge is -2.63. The molecule has 1 spiro atoms. The van der Waals surface area contributed by atoms with Gasteiger partial charge in [-0.1, -0.05) is 13.8 Å². The Bertz CT molecular complexity index is 1250. The van der Waals surface area contributed by atoms with E-state index in [0.29, 0.717) is 24.9 Å². The van der Waals surface area contributed by atoms with Gasteiger partial charge in [-0.25, -0.2) is 4.98 Å². The summed E-state index contributed by atoms with van der Waals surface area (Å²) in [4.78, 5) is 62.2. The lowest BCUT2D eigenvalue weighted by Crippen LogP contribution is -2.79. The van der Waals surface area contributed by atoms with Crippen LogP contribution in [0, 0.1) is 35.0 Å². The van der Waals surface area contributed by atoms with Crippen LogP contribution >= 0.6 is 0 Å². The Hall–Kier alpha value is -2.89. The third-order valence-corrected chi connectivity index (χ3v) is 9.16. The fourth-order valence-electron chi connectivity index (χ4n) is 7.82. The molecule has 4 aliphatic rings. The maximum atomic E-state index is 14.3. The molecule has 39 heavy (non-hydrogen) atoms. The van der Waals surface area contributed by atoms with E-state index in [1.807, 2.05) is 14.1 Å². The lowest BCUT2D eigenvalue weighted by atomic mass is 9.47. The highest BCUT2D eigenvalue weighted by Crippen LogP contribution is 2.59. The molecule has 11 heteroatoms. The molecule has 0 aromatic carbocycles. The van der Waals surface area contributed by atoms with Crippen LogP contribution in [0.3, 0.4) is 0 Å². The summed E-state index contributed by atoms with van der Waals surface area (Å²) in [6.07, 6.45) is 2.37. The van der Waals surface area contributed by atoms with Crippen LogP contribution in [-0.4, -0.2) is 103 Å². The summed E-state index contributed by atoms with van der Waals surface area (Å²) in [7, 11) is 7.45. The van der Waals surface area contributed by atoms with E-state index >= 15 is 0 Å². The van der Waals surface area contributed by atoms with E-state index in [4.69, 9.17) is 10.5 Å². The summed E-state index contributed by atoms with van der Waals surface area (Å²) in [5.41, 5.74) is 4.80. The molecule has 3 aliphatic carbocycles. The van der Waals surface area contributed by atoms with Crippen molar-refractivity contribution in [3.63, 3.8) is 0 Å². The number of ketones is 3. The van der Waals surface area contributed by atoms with Crippen LogP contribution in [-0.2, 0) is 25.5 Å². The second-order valence-corrected chi connectivity index (χ2v) is 13.0. The first-order valence-corrected chi connectivity index (χ1v) is 13.5. The number of pyridine rings is 1. The molecule has 2 heterocycles. The van der Waals surface area contributed by atoms with Crippen LogP contribution in [0.15, 0.2) is 6.20 Å². The van der Waals surface area contributed by atoms with Crippen molar-refractivity contribution in [2.75, 3.05) is 53.2 Å². The highest BCUT2D eigenvalue weighted by Gasteiger charge is 2.74. The number of nitrogens with zero attached hydrogens (tertiary/aromatic N) is 3. The van der Waals surface area contributed by atoms with Gasteiger partial charge < -0.3 is 25.8 Å². The van der Waals surface area contributed by atoms with Gasteiger partial charge in [-0.3, -0.25) is 24.1 Å². The van der Waals surface area contributed by atoms with E-state index in [1.165, 1.54) is 0 Å². The number of likely N-dealkylation sites (N-methyl/N-ethyl adjacent to an activating group) is 1. The van der Waals surface area contributed by atoms with Gasteiger partial charge in [0.1, 0.15) is 11.5 Å². The highest BCUT2D eigenvalue weighted by molar-refractivity contribution is 6.18. The van der Waals surface area contributed by atoms with Crippen molar-refractivity contribution in [2.45, 2.75) is 38.3 Å². The Balaban J connectivity index is 1.49. The minimum Gasteiger partial charge on any atom is -0.504 e. The van der Waals surface area contributed by atoms with Gasteiger partial charge in [-0.05, 0) is 57.9 Å². The first-order valence-electron chi connectivity index (χ1n) is 13.5. The van der Waals surface area contributed by atoms with Gasteiger partial charge in [0.25, 0.3) is 0 Å². The molecule has 4 N–H and O–H groups in total. The maximum Gasteiger partial charge on any atom is 0.228 e. The molecule has 5 rings (SSSR count). The highest BCUT2D eigenvalue weighted by atomic mass is 16.5. The van der Waals surface area contributed by atoms with Crippen molar-refractivity contribution < 1.29 is 29.0 Å². The first kappa shape index (κ1) is 27.7. The Labute approximate surface area is 228 Å². The van der Waals surface area contributed by atoms with Gasteiger partial charge in [0, 0.05) is 31.1 Å². The van der Waals surface area contributed by atoms with E-state index in [1.54, 1.807) is 25.2 Å². The number of nitrogens with one attached hydrogen (secondary N) is 1. The average Bonchev–Trinajstić information content (AvgIpc) is 2.79. The molecule has 212 valence electrons. The predicted molar refractivity (Wildman–Crippen MR) is 142 cm³/mol. The minimum atomic E-state index is -1.42. The number of primary amides is 1. The summed E-state index contributed by atoms with van der Waals surface area (Å²) >= 11 is 0. The van der Waals surface area contributed by atoms with Crippen molar-refractivity contribution >= 4 is 29.1 Å². The zero-order valence-electron chi connectivity index (χ0n) is 23.5. The molecular weight excluding hydrogens is 502 g/mol. The lowest BCUT2D eigenvalue weighted by molar-refractivity contribution is -0.266. The molecule has 1 saturated heterocycles. The molecule has 0 radical (unpaired) electrons. The van der Waals surface area contributed by atoms with E-state index < -0.39 is 52.8 Å². The number of hydrogen-bond donors (Lipinski definition) is 3. The predicted octanol–water partition coefficient (Wildman–Crippen LogP) is 0.347. The summed E-state index contributed by atoms with van der Waals surface area (Å²) in [5, 5.41) is 14.4. The van der Waals surface area contributed by atoms with Crippen molar-refractivity contribution in [3.8, 4) is 5.75 Å². The molecule has 7 atom stereocenters. The summed E-state index contributed by atoms with van der Waals surface area (Å²) in [6, 6.07) is -0.732. The molecule has 2 saturated carbocycles. The van der Waals surface area contributed by atoms with Gasteiger partial charge >= 0.3 is 0 Å². The van der Waals surface area contributed by atoms with Crippen LogP contribution < -0.4 is 11.1 Å². The van der Waals surface area contributed by atoms with Crippen LogP contribution in [0.5, 0.6) is 5.75 Å². The second-order valence-electron chi connectivity index (χ2n) is 13.0. The summed E-state index contributed by atoms with van der Waals surface area (Å²) in [6.45, 7) is 5.56. The minimum absolute atomic E-state index is 0.0653. The number of carbonyl (C=O) groups excluding carboxylic acids is 4. The summed E-state index contributed by atoms with van der Waals surface area (Å²) < 4.78 is 6.01. The topological polar surface area (TPSA) is 155 Å². The van der Waals surface area contributed by atoms with Crippen molar-refractivity contribution in [3.05, 3.63) is 17.3 Å². The molecular formula is C28H39N5O6. The largest absolute Gasteiger partial charge is 0.504 e. The van der Waals surface area contributed by atoms with Gasteiger partial charge in [0.05, 0.1) is 24.1 Å². The van der Waals surface area contributed by atoms with Crippen LogP contribution in [0.1, 0.15) is 36.2 Å². The monoisotopic (exact) mass is 541 g/mol. The number of carbonyl (C=O) groups is 4. The number of amides is 1. The van der Waals surface area contributed by atoms with Crippen molar-refractivity contribution in [1.82, 2.24) is 14.8 Å². The number of fused-ring (bicyclic) bond motifs is 2. The van der Waals surface area contributed by atoms with Gasteiger partial charge in [-0.15, -0.1) is 0 Å². The number of Topliss-reactive ketones (excluding diaryl/α,β-unsaturated/α-hetero) is 3. The summed E-state index contributed by atoms with van der Waals surface area (Å²) in [5.74, 6) is -5.71. The quantitative estimate of drug-likeness (QED) is 0.412. The second kappa shape index (κ2) is 9.35. The van der Waals surface area contributed by atoms with Crippen molar-refractivity contribution in [1.29, 1.82) is 0 Å². The Morgan fingerprint density at radius 3 is 2.49 bits per heavy atom. The van der Waals surface area contributed by atoms with E-state index in [2.05, 4.69) is 29.0 Å². The number of nitrogens with two attached hydrogens (primary N) is 1. The Kier molecular flexibility index (Phi) is 6.63. The molecule has 1 aromatic heterocycles. The normalized spacial score (nSPS) is 33.7. The number of rotatable bonds is 7. The molecule has 1 amide bonds.